The average Bonchev–Trinajstić information content (AvgIpc) is 3.03. The first kappa shape index (κ1) is 20.0. The predicted octanol–water partition coefficient (Wildman–Crippen LogP) is 3.53. The first-order chi connectivity index (χ1) is 14.5. The Morgan fingerprint density at radius 3 is 2.07 bits per heavy atom. The van der Waals surface area contributed by atoms with Gasteiger partial charge in [-0.15, -0.1) is 0 Å². The van der Waals surface area contributed by atoms with Crippen LogP contribution in [0.5, 0.6) is 0 Å². The maximum atomic E-state index is 13.3. The molecule has 1 aliphatic carbocycles. The fourth-order valence-corrected chi connectivity index (χ4v) is 4.10. The summed E-state index contributed by atoms with van der Waals surface area (Å²) in [7, 11) is 0. The summed E-state index contributed by atoms with van der Waals surface area (Å²) in [5, 5.41) is 1.98. The normalized spacial score (nSPS) is 20.2. The van der Waals surface area contributed by atoms with Gasteiger partial charge in [0.2, 0.25) is 0 Å². The molecule has 6 nitrogen and oxygen atoms in total. The van der Waals surface area contributed by atoms with Gasteiger partial charge in [-0.2, -0.15) is 5.01 Å². The zero-order chi connectivity index (χ0) is 21.3. The molecule has 2 aliphatic rings. The second kappa shape index (κ2) is 8.24. The van der Waals surface area contributed by atoms with E-state index in [0.717, 1.165) is 10.0 Å². The van der Waals surface area contributed by atoms with Crippen molar-refractivity contribution < 1.29 is 19.2 Å². The van der Waals surface area contributed by atoms with Gasteiger partial charge in [0, 0.05) is 5.56 Å². The first-order valence-electron chi connectivity index (χ1n) is 9.66. The highest BCUT2D eigenvalue weighted by molar-refractivity contribution is 6.34. The minimum Gasteiger partial charge on any atom is -0.292 e. The standard InChI is InChI=1S/C23H19ClN2O4/c24-19-13-7-6-12-18(19)21(28)25(14-20(27)15-8-2-1-3-9-15)26-22(29)16-10-4-5-11-17(16)23(26)30/h1-9,12-13,16-17H,10-11,14H2. The molecule has 0 spiro atoms. The van der Waals surface area contributed by atoms with Gasteiger partial charge < -0.3 is 0 Å². The van der Waals surface area contributed by atoms with Crippen LogP contribution >= 0.6 is 11.6 Å². The predicted molar refractivity (Wildman–Crippen MR) is 110 cm³/mol. The smallest absolute Gasteiger partial charge is 0.274 e. The molecule has 0 saturated carbocycles. The fourth-order valence-electron chi connectivity index (χ4n) is 3.88. The molecule has 2 unspecified atom stereocenters. The van der Waals surface area contributed by atoms with Gasteiger partial charge in [0.1, 0.15) is 6.54 Å². The molecule has 2 atom stereocenters. The van der Waals surface area contributed by atoms with Crippen molar-refractivity contribution in [2.75, 3.05) is 6.54 Å². The molecule has 152 valence electrons. The fraction of sp³-hybridized carbons (Fsp3) is 0.217. The monoisotopic (exact) mass is 422 g/mol. The summed E-state index contributed by atoms with van der Waals surface area (Å²) in [5.74, 6) is -3.01. The lowest BCUT2D eigenvalue weighted by atomic mass is 9.85. The lowest BCUT2D eigenvalue weighted by Crippen LogP contribution is -2.52. The van der Waals surface area contributed by atoms with Crippen molar-refractivity contribution in [1.82, 2.24) is 10.0 Å². The van der Waals surface area contributed by atoms with Gasteiger partial charge in [-0.25, -0.2) is 5.01 Å². The quantitative estimate of drug-likeness (QED) is 0.419. The summed E-state index contributed by atoms with van der Waals surface area (Å²) in [6, 6.07) is 14.8. The first-order valence-corrected chi connectivity index (χ1v) is 10.0. The van der Waals surface area contributed by atoms with Gasteiger partial charge in [0.15, 0.2) is 5.78 Å². The summed E-state index contributed by atoms with van der Waals surface area (Å²) in [5.41, 5.74) is 0.501. The van der Waals surface area contributed by atoms with Crippen molar-refractivity contribution >= 4 is 35.1 Å². The number of carbonyl (C=O) groups is 4. The van der Waals surface area contributed by atoms with Crippen molar-refractivity contribution in [3.05, 3.63) is 82.9 Å². The number of amides is 3. The Morgan fingerprint density at radius 2 is 1.47 bits per heavy atom. The largest absolute Gasteiger partial charge is 0.292 e. The van der Waals surface area contributed by atoms with Crippen LogP contribution < -0.4 is 0 Å². The molecular formula is C23H19ClN2O4. The van der Waals surface area contributed by atoms with Crippen LogP contribution in [0.25, 0.3) is 0 Å². The molecule has 0 bridgehead atoms. The third-order valence-electron chi connectivity index (χ3n) is 5.45. The van der Waals surface area contributed by atoms with E-state index in [1.54, 1.807) is 48.5 Å². The molecule has 30 heavy (non-hydrogen) atoms. The highest BCUT2D eigenvalue weighted by Gasteiger charge is 2.51. The number of hydrogen-bond donors (Lipinski definition) is 0. The minimum atomic E-state index is -0.668. The van der Waals surface area contributed by atoms with E-state index in [1.165, 1.54) is 6.07 Å². The van der Waals surface area contributed by atoms with Crippen molar-refractivity contribution in [1.29, 1.82) is 0 Å². The van der Waals surface area contributed by atoms with E-state index in [4.69, 9.17) is 11.6 Å². The maximum absolute atomic E-state index is 13.3. The molecule has 2 aromatic carbocycles. The van der Waals surface area contributed by atoms with Gasteiger partial charge >= 0.3 is 0 Å². The number of nitrogens with zero attached hydrogens (tertiary/aromatic N) is 2. The molecule has 1 heterocycles. The van der Waals surface area contributed by atoms with Crippen LogP contribution in [0.15, 0.2) is 66.7 Å². The number of rotatable bonds is 5. The number of carbonyl (C=O) groups excluding carboxylic acids is 4. The number of imide groups is 1. The molecular weight excluding hydrogens is 404 g/mol. The Labute approximate surface area is 178 Å². The molecule has 3 amide bonds. The van der Waals surface area contributed by atoms with Crippen LogP contribution in [-0.2, 0) is 9.59 Å². The second-order valence-electron chi connectivity index (χ2n) is 7.28. The van der Waals surface area contributed by atoms with Crippen LogP contribution in [0.1, 0.15) is 33.6 Å². The summed E-state index contributed by atoms with van der Waals surface area (Å²) in [4.78, 5) is 52.3. The molecule has 0 aromatic heterocycles. The Balaban J connectivity index is 1.71. The third kappa shape index (κ3) is 3.55. The molecule has 4 rings (SSSR count). The number of allylic oxidation sites excluding steroid dienone is 2. The van der Waals surface area contributed by atoms with Gasteiger partial charge in [0.25, 0.3) is 17.7 Å². The van der Waals surface area contributed by atoms with E-state index in [9.17, 15) is 19.2 Å². The topological polar surface area (TPSA) is 74.8 Å². The number of benzene rings is 2. The highest BCUT2D eigenvalue weighted by atomic mass is 35.5. The Kier molecular flexibility index (Phi) is 5.50. The molecule has 1 fully saturated rings. The number of halogens is 1. The second-order valence-corrected chi connectivity index (χ2v) is 7.68. The van der Waals surface area contributed by atoms with Crippen LogP contribution in [0.4, 0.5) is 0 Å². The van der Waals surface area contributed by atoms with Crippen molar-refractivity contribution in [3.8, 4) is 0 Å². The summed E-state index contributed by atoms with van der Waals surface area (Å²) >= 11 is 6.19. The van der Waals surface area contributed by atoms with Crippen LogP contribution in [0.3, 0.4) is 0 Å². The lowest BCUT2D eigenvalue weighted by molar-refractivity contribution is -0.154. The number of hydrogen-bond acceptors (Lipinski definition) is 4. The zero-order valence-corrected chi connectivity index (χ0v) is 16.8. The van der Waals surface area contributed by atoms with Gasteiger partial charge in [0.05, 0.1) is 22.4 Å². The van der Waals surface area contributed by atoms with Crippen molar-refractivity contribution in [3.63, 3.8) is 0 Å². The van der Waals surface area contributed by atoms with Gasteiger partial charge in [-0.05, 0) is 25.0 Å². The van der Waals surface area contributed by atoms with Gasteiger partial charge in [-0.3, -0.25) is 19.2 Å². The summed E-state index contributed by atoms with van der Waals surface area (Å²) in [6.45, 7) is -0.446. The number of Topliss-reactive ketones (excluding diaryl/α,β-unsaturated/α-hetero) is 1. The Hall–Kier alpha value is -3.25. The van der Waals surface area contributed by atoms with E-state index in [2.05, 4.69) is 0 Å². The SMILES string of the molecule is O=C(CN(C(=O)c1ccccc1Cl)N1C(=O)C2CC=CCC2C1=O)c1ccccc1. The zero-order valence-electron chi connectivity index (χ0n) is 16.0. The third-order valence-corrected chi connectivity index (χ3v) is 5.78. The van der Waals surface area contributed by atoms with Gasteiger partial charge in [-0.1, -0.05) is 66.2 Å². The molecule has 1 saturated heterocycles. The van der Waals surface area contributed by atoms with Crippen LogP contribution in [-0.4, -0.2) is 40.1 Å². The summed E-state index contributed by atoms with van der Waals surface area (Å²) < 4.78 is 0. The van der Waals surface area contributed by atoms with Crippen molar-refractivity contribution in [2.24, 2.45) is 11.8 Å². The lowest BCUT2D eigenvalue weighted by Gasteiger charge is -2.30. The molecule has 7 heteroatoms. The average molecular weight is 423 g/mol. The Bertz CT molecular complexity index is 1020. The Morgan fingerprint density at radius 1 is 0.900 bits per heavy atom. The van der Waals surface area contributed by atoms with E-state index in [1.807, 2.05) is 12.2 Å². The van der Waals surface area contributed by atoms with E-state index in [0.29, 0.717) is 18.4 Å². The molecule has 2 aromatic rings. The molecule has 0 N–H and O–H groups in total. The number of ketones is 1. The van der Waals surface area contributed by atoms with Crippen LogP contribution in [0, 0.1) is 11.8 Å². The van der Waals surface area contributed by atoms with Crippen molar-refractivity contribution in [2.45, 2.75) is 12.8 Å². The minimum absolute atomic E-state index is 0.119. The van der Waals surface area contributed by atoms with E-state index in [-0.39, 0.29) is 16.4 Å². The number of fused-ring (bicyclic) bond motifs is 1. The summed E-state index contributed by atoms with van der Waals surface area (Å²) in [6.07, 6.45) is 4.61. The molecule has 1 aliphatic heterocycles. The van der Waals surface area contributed by atoms with E-state index >= 15 is 0 Å². The maximum Gasteiger partial charge on any atom is 0.274 e. The van der Waals surface area contributed by atoms with E-state index < -0.39 is 36.1 Å². The molecule has 0 radical (unpaired) electrons. The highest BCUT2D eigenvalue weighted by Crippen LogP contribution is 2.36. The number of hydrazine groups is 1. The van der Waals surface area contributed by atoms with Crippen LogP contribution in [0.2, 0.25) is 5.02 Å².